The van der Waals surface area contributed by atoms with Gasteiger partial charge in [0.15, 0.2) is 5.78 Å². The van der Waals surface area contributed by atoms with E-state index in [2.05, 4.69) is 20.9 Å². The molecule has 17 heavy (non-hydrogen) atoms. The molecule has 1 heterocycles. The summed E-state index contributed by atoms with van der Waals surface area (Å²) >= 11 is 3.29. The number of ketones is 1. The number of carbonyl (C=O) groups excluding carboxylic acids is 1. The van der Waals surface area contributed by atoms with Gasteiger partial charge in [0, 0.05) is 11.3 Å². The van der Waals surface area contributed by atoms with Gasteiger partial charge >= 0.3 is 0 Å². The van der Waals surface area contributed by atoms with Crippen LogP contribution in [0, 0.1) is 0 Å². The number of pyridine rings is 1. The molecule has 0 amide bonds. The van der Waals surface area contributed by atoms with Gasteiger partial charge in [0.25, 0.3) is 0 Å². The molecule has 4 heteroatoms. The Morgan fingerprint density at radius 1 is 1.06 bits per heavy atom. The molecule has 0 spiro atoms. The molecule has 0 bridgehead atoms. The third kappa shape index (κ3) is 3.95. The molecule has 0 aliphatic carbocycles. The zero-order chi connectivity index (χ0) is 11.4. The van der Waals surface area contributed by atoms with E-state index in [1.165, 1.54) is 0 Å². The van der Waals surface area contributed by atoms with Crippen LogP contribution in [0.2, 0.25) is 0 Å². The lowest BCUT2D eigenvalue weighted by Gasteiger charge is -2.01. The smallest absolute Gasteiger partial charge is 0.168 e. The van der Waals surface area contributed by atoms with Crippen molar-refractivity contribution in [3.05, 3.63) is 64.4 Å². The summed E-state index contributed by atoms with van der Waals surface area (Å²) in [6, 6.07) is 14.8. The molecule has 88 valence electrons. The first kappa shape index (κ1) is 13.9. The van der Waals surface area contributed by atoms with Crippen LogP contribution in [-0.2, 0) is 6.42 Å². The van der Waals surface area contributed by atoms with E-state index in [4.69, 9.17) is 0 Å². The number of benzene rings is 1. The number of Topliss-reactive ketones (excluding diaryl/α,β-unsaturated/α-hetero) is 1. The summed E-state index contributed by atoms with van der Waals surface area (Å²) in [5.41, 5.74) is 1.51. The lowest BCUT2D eigenvalue weighted by Crippen LogP contribution is -2.04. The Hall–Kier alpha value is -1.19. The molecule has 1 aromatic carbocycles. The van der Waals surface area contributed by atoms with Crippen molar-refractivity contribution in [1.82, 2.24) is 4.98 Å². The van der Waals surface area contributed by atoms with Crippen LogP contribution in [0.1, 0.15) is 16.1 Å². The van der Waals surface area contributed by atoms with Crippen LogP contribution >= 0.6 is 28.3 Å². The van der Waals surface area contributed by atoms with Crippen molar-refractivity contribution in [1.29, 1.82) is 0 Å². The molecule has 0 unspecified atom stereocenters. The monoisotopic (exact) mass is 311 g/mol. The van der Waals surface area contributed by atoms with Gasteiger partial charge in [-0.15, -0.1) is 12.4 Å². The van der Waals surface area contributed by atoms with Crippen molar-refractivity contribution in [3.63, 3.8) is 0 Å². The second kappa shape index (κ2) is 6.52. The van der Waals surface area contributed by atoms with Crippen molar-refractivity contribution in [2.75, 3.05) is 0 Å². The van der Waals surface area contributed by atoms with Gasteiger partial charge in [-0.05, 0) is 28.1 Å². The van der Waals surface area contributed by atoms with E-state index in [9.17, 15) is 4.79 Å². The van der Waals surface area contributed by atoms with Crippen LogP contribution < -0.4 is 0 Å². The van der Waals surface area contributed by atoms with E-state index in [0.717, 1.165) is 15.9 Å². The van der Waals surface area contributed by atoms with Gasteiger partial charge in [-0.2, -0.15) is 0 Å². The lowest BCUT2D eigenvalue weighted by atomic mass is 10.1. The zero-order valence-electron chi connectivity index (χ0n) is 8.97. The van der Waals surface area contributed by atoms with Gasteiger partial charge in [0.05, 0.1) is 6.42 Å². The van der Waals surface area contributed by atoms with Gasteiger partial charge in [-0.1, -0.05) is 36.4 Å². The van der Waals surface area contributed by atoms with Crippen LogP contribution in [0.25, 0.3) is 0 Å². The van der Waals surface area contributed by atoms with Gasteiger partial charge < -0.3 is 0 Å². The Kier molecular flexibility index (Phi) is 5.32. The average molecular weight is 313 g/mol. The average Bonchev–Trinajstić information content (AvgIpc) is 2.30. The molecule has 1 aromatic heterocycles. The Balaban J connectivity index is 0.00000144. The van der Waals surface area contributed by atoms with Crippen LogP contribution in [0.4, 0.5) is 0 Å². The fourth-order valence-corrected chi connectivity index (χ4v) is 1.82. The third-order valence-electron chi connectivity index (χ3n) is 2.21. The Morgan fingerprint density at radius 3 is 2.41 bits per heavy atom. The first-order chi connectivity index (χ1) is 7.75. The topological polar surface area (TPSA) is 30.0 Å². The second-order valence-corrected chi connectivity index (χ2v) is 4.23. The molecular formula is C13H11BrClNO. The van der Waals surface area contributed by atoms with Crippen LogP contribution in [0.3, 0.4) is 0 Å². The normalized spacial score (nSPS) is 9.47. The number of hydrogen-bond acceptors (Lipinski definition) is 2. The van der Waals surface area contributed by atoms with Crippen molar-refractivity contribution in [2.24, 2.45) is 0 Å². The number of halogens is 2. The lowest BCUT2D eigenvalue weighted by molar-refractivity contribution is 0.0992. The minimum absolute atomic E-state index is 0. The van der Waals surface area contributed by atoms with Crippen LogP contribution in [0.5, 0.6) is 0 Å². The molecule has 0 saturated carbocycles. The maximum Gasteiger partial charge on any atom is 0.168 e. The molecule has 0 atom stereocenters. The SMILES string of the molecule is Cl.O=C(Cc1cccc(Br)n1)c1ccccc1. The maximum atomic E-state index is 11.9. The first-order valence-electron chi connectivity index (χ1n) is 4.95. The predicted molar refractivity (Wildman–Crippen MR) is 73.7 cm³/mol. The highest BCUT2D eigenvalue weighted by Crippen LogP contribution is 2.09. The van der Waals surface area contributed by atoms with Crippen LogP contribution in [-0.4, -0.2) is 10.8 Å². The highest BCUT2D eigenvalue weighted by atomic mass is 79.9. The number of rotatable bonds is 3. The molecule has 2 nitrogen and oxygen atoms in total. The fraction of sp³-hybridized carbons (Fsp3) is 0.0769. The first-order valence-corrected chi connectivity index (χ1v) is 5.75. The van der Waals surface area contributed by atoms with Gasteiger partial charge in [-0.25, -0.2) is 4.98 Å². The molecule has 2 rings (SSSR count). The summed E-state index contributed by atoms with van der Waals surface area (Å²) < 4.78 is 0.755. The Bertz CT molecular complexity index is 502. The summed E-state index contributed by atoms with van der Waals surface area (Å²) in [4.78, 5) is 16.1. The molecular weight excluding hydrogens is 302 g/mol. The van der Waals surface area contributed by atoms with Gasteiger partial charge in [0.2, 0.25) is 0 Å². The summed E-state index contributed by atoms with van der Waals surface area (Å²) in [6.45, 7) is 0. The van der Waals surface area contributed by atoms with Crippen molar-refractivity contribution in [3.8, 4) is 0 Å². The number of aromatic nitrogens is 1. The van der Waals surface area contributed by atoms with E-state index >= 15 is 0 Å². The van der Waals surface area contributed by atoms with Crippen molar-refractivity contribution in [2.45, 2.75) is 6.42 Å². The molecule has 0 N–H and O–H groups in total. The molecule has 2 aromatic rings. The fourth-order valence-electron chi connectivity index (χ4n) is 1.44. The summed E-state index contributed by atoms with van der Waals surface area (Å²) in [5, 5.41) is 0. The Morgan fingerprint density at radius 2 is 1.76 bits per heavy atom. The Labute approximate surface area is 115 Å². The van der Waals surface area contributed by atoms with E-state index < -0.39 is 0 Å². The van der Waals surface area contributed by atoms with E-state index in [-0.39, 0.29) is 18.2 Å². The van der Waals surface area contributed by atoms with E-state index in [0.29, 0.717) is 6.42 Å². The van der Waals surface area contributed by atoms with Gasteiger partial charge in [0.1, 0.15) is 4.60 Å². The summed E-state index contributed by atoms with van der Waals surface area (Å²) in [6.07, 6.45) is 0.337. The highest BCUT2D eigenvalue weighted by Gasteiger charge is 2.07. The van der Waals surface area contributed by atoms with Crippen molar-refractivity contribution < 1.29 is 4.79 Å². The van der Waals surface area contributed by atoms with Crippen molar-refractivity contribution >= 4 is 34.1 Å². The third-order valence-corrected chi connectivity index (χ3v) is 2.65. The maximum absolute atomic E-state index is 11.9. The molecule has 0 fully saturated rings. The standard InChI is InChI=1S/C13H10BrNO.ClH/c14-13-8-4-7-11(15-13)9-12(16)10-5-2-1-3-6-10;/h1-8H,9H2;1H. The van der Waals surface area contributed by atoms with Gasteiger partial charge in [-0.3, -0.25) is 4.79 Å². The van der Waals surface area contributed by atoms with E-state index in [1.807, 2.05) is 48.5 Å². The molecule has 0 aliphatic heterocycles. The minimum atomic E-state index is 0. The molecule has 0 aliphatic rings. The minimum Gasteiger partial charge on any atom is -0.294 e. The number of nitrogens with zero attached hydrogens (tertiary/aromatic N) is 1. The molecule has 0 saturated heterocycles. The summed E-state index contributed by atoms with van der Waals surface area (Å²) in [7, 11) is 0. The number of hydrogen-bond donors (Lipinski definition) is 0. The zero-order valence-corrected chi connectivity index (χ0v) is 11.4. The van der Waals surface area contributed by atoms with E-state index in [1.54, 1.807) is 0 Å². The predicted octanol–water partition coefficient (Wildman–Crippen LogP) is 3.69. The van der Waals surface area contributed by atoms with Crippen LogP contribution in [0.15, 0.2) is 53.1 Å². The highest BCUT2D eigenvalue weighted by molar-refractivity contribution is 9.10. The second-order valence-electron chi connectivity index (χ2n) is 3.42. The largest absolute Gasteiger partial charge is 0.294 e. The summed E-state index contributed by atoms with van der Waals surface area (Å²) in [5.74, 6) is 0.0891. The quantitative estimate of drug-likeness (QED) is 0.639. The molecule has 0 radical (unpaired) electrons. The number of carbonyl (C=O) groups is 1.